The van der Waals surface area contributed by atoms with Crippen LogP contribution in [0.3, 0.4) is 0 Å². The number of amides is 1. The molecular weight excluding hydrogens is 250 g/mol. The minimum atomic E-state index is -0.0139. The summed E-state index contributed by atoms with van der Waals surface area (Å²) in [5.41, 5.74) is 6.24. The number of likely N-dealkylation sites (tertiary alicyclic amines) is 1. The second-order valence-corrected chi connectivity index (χ2v) is 7.12. The quantitative estimate of drug-likeness (QED) is 0.804. The van der Waals surface area contributed by atoms with Gasteiger partial charge in [0.2, 0.25) is 5.91 Å². The Morgan fingerprint density at radius 3 is 2.70 bits per heavy atom. The van der Waals surface area contributed by atoms with Crippen LogP contribution in [0.2, 0.25) is 0 Å². The van der Waals surface area contributed by atoms with Gasteiger partial charge >= 0.3 is 0 Å². The largest absolute Gasteiger partial charge is 0.355 e. The summed E-state index contributed by atoms with van der Waals surface area (Å²) in [6, 6.07) is 0.329. The van der Waals surface area contributed by atoms with Crippen LogP contribution >= 0.6 is 0 Å². The first-order chi connectivity index (χ1) is 9.49. The van der Waals surface area contributed by atoms with Gasteiger partial charge in [0.15, 0.2) is 0 Å². The zero-order valence-corrected chi connectivity index (χ0v) is 13.3. The summed E-state index contributed by atoms with van der Waals surface area (Å²) in [7, 11) is 0. The lowest BCUT2D eigenvalue weighted by atomic mass is 9.78. The molecule has 4 unspecified atom stereocenters. The molecule has 1 saturated heterocycles. The Labute approximate surface area is 123 Å². The highest BCUT2D eigenvalue weighted by atomic mass is 16.2. The van der Waals surface area contributed by atoms with Gasteiger partial charge in [0.1, 0.15) is 0 Å². The molecule has 2 fully saturated rings. The van der Waals surface area contributed by atoms with E-state index in [1.165, 1.54) is 12.8 Å². The molecule has 4 heteroatoms. The molecule has 0 aromatic heterocycles. The van der Waals surface area contributed by atoms with Gasteiger partial charge in [-0.05, 0) is 43.9 Å². The molecule has 2 rings (SSSR count). The van der Waals surface area contributed by atoms with Crippen molar-refractivity contribution in [3.05, 3.63) is 0 Å². The predicted molar refractivity (Wildman–Crippen MR) is 82.3 cm³/mol. The fourth-order valence-corrected chi connectivity index (χ4v) is 3.66. The lowest BCUT2D eigenvalue weighted by Crippen LogP contribution is -2.45. The zero-order chi connectivity index (χ0) is 14.7. The summed E-state index contributed by atoms with van der Waals surface area (Å²) in [6.45, 7) is 9.25. The third-order valence-corrected chi connectivity index (χ3v) is 5.13. The van der Waals surface area contributed by atoms with E-state index in [0.717, 1.165) is 32.5 Å². The van der Waals surface area contributed by atoms with Gasteiger partial charge in [0, 0.05) is 25.7 Å². The Morgan fingerprint density at radius 1 is 1.30 bits per heavy atom. The van der Waals surface area contributed by atoms with Gasteiger partial charge in [-0.15, -0.1) is 0 Å². The molecule has 0 aromatic rings. The van der Waals surface area contributed by atoms with E-state index in [-0.39, 0.29) is 11.9 Å². The highest BCUT2D eigenvalue weighted by Crippen LogP contribution is 2.36. The molecule has 1 aliphatic carbocycles. The molecule has 2 aliphatic rings. The van der Waals surface area contributed by atoms with Crippen molar-refractivity contribution in [2.45, 2.75) is 58.5 Å². The Bertz CT molecular complexity index is 332. The van der Waals surface area contributed by atoms with Gasteiger partial charge < -0.3 is 11.1 Å². The maximum Gasteiger partial charge on any atom is 0.237 e. The SMILES string of the molecule is CC(C)CCNC(=O)C(C)N1CC2CCCC(N)C2C1. The van der Waals surface area contributed by atoms with Crippen LogP contribution in [0, 0.1) is 17.8 Å². The summed E-state index contributed by atoms with van der Waals surface area (Å²) >= 11 is 0. The van der Waals surface area contributed by atoms with Crippen molar-refractivity contribution >= 4 is 5.91 Å². The van der Waals surface area contributed by atoms with E-state index in [9.17, 15) is 4.79 Å². The lowest BCUT2D eigenvalue weighted by molar-refractivity contribution is -0.125. The number of fused-ring (bicyclic) bond motifs is 1. The normalized spacial score (nSPS) is 32.1. The van der Waals surface area contributed by atoms with Crippen LogP contribution in [0.5, 0.6) is 0 Å². The van der Waals surface area contributed by atoms with Crippen molar-refractivity contribution < 1.29 is 4.79 Å². The molecule has 4 atom stereocenters. The molecule has 0 spiro atoms. The van der Waals surface area contributed by atoms with Crippen LogP contribution in [0.4, 0.5) is 0 Å². The van der Waals surface area contributed by atoms with Gasteiger partial charge in [-0.25, -0.2) is 0 Å². The average molecular weight is 281 g/mol. The fraction of sp³-hybridized carbons (Fsp3) is 0.938. The number of hydrogen-bond donors (Lipinski definition) is 2. The molecule has 3 N–H and O–H groups in total. The molecule has 0 radical (unpaired) electrons. The van der Waals surface area contributed by atoms with Crippen LogP contribution < -0.4 is 11.1 Å². The Hall–Kier alpha value is -0.610. The third-order valence-electron chi connectivity index (χ3n) is 5.13. The minimum absolute atomic E-state index is 0.0139. The first-order valence-corrected chi connectivity index (χ1v) is 8.26. The van der Waals surface area contributed by atoms with Gasteiger partial charge in [-0.3, -0.25) is 9.69 Å². The molecule has 1 aliphatic heterocycles. The summed E-state index contributed by atoms with van der Waals surface area (Å²) in [5, 5.41) is 3.07. The van der Waals surface area contributed by atoms with Crippen LogP contribution in [0.15, 0.2) is 0 Å². The van der Waals surface area contributed by atoms with E-state index >= 15 is 0 Å². The molecule has 0 bridgehead atoms. The van der Waals surface area contributed by atoms with Crippen LogP contribution in [-0.2, 0) is 4.79 Å². The Morgan fingerprint density at radius 2 is 2.05 bits per heavy atom. The van der Waals surface area contributed by atoms with E-state index in [1.807, 2.05) is 6.92 Å². The topological polar surface area (TPSA) is 58.4 Å². The number of carbonyl (C=O) groups excluding carboxylic acids is 1. The molecular formula is C16H31N3O. The van der Waals surface area contributed by atoms with Crippen molar-refractivity contribution in [1.29, 1.82) is 0 Å². The average Bonchev–Trinajstić information content (AvgIpc) is 2.82. The highest BCUT2D eigenvalue weighted by molar-refractivity contribution is 5.81. The lowest BCUT2D eigenvalue weighted by Gasteiger charge is -2.30. The number of nitrogens with two attached hydrogens (primary N) is 1. The van der Waals surface area contributed by atoms with Crippen molar-refractivity contribution in [2.24, 2.45) is 23.5 Å². The van der Waals surface area contributed by atoms with E-state index in [0.29, 0.717) is 23.8 Å². The first-order valence-electron chi connectivity index (χ1n) is 8.26. The van der Waals surface area contributed by atoms with E-state index in [2.05, 4.69) is 24.1 Å². The standard InChI is InChI=1S/C16H31N3O/c1-11(2)7-8-18-16(20)12(3)19-9-13-5-4-6-15(17)14(13)10-19/h11-15H,4-10,17H2,1-3H3,(H,18,20). The first kappa shape index (κ1) is 15.8. The second-order valence-electron chi connectivity index (χ2n) is 7.12. The molecule has 4 nitrogen and oxygen atoms in total. The van der Waals surface area contributed by atoms with Crippen molar-refractivity contribution in [3.63, 3.8) is 0 Å². The van der Waals surface area contributed by atoms with Gasteiger partial charge in [0.05, 0.1) is 6.04 Å². The minimum Gasteiger partial charge on any atom is -0.355 e. The number of hydrogen-bond acceptors (Lipinski definition) is 3. The van der Waals surface area contributed by atoms with E-state index in [4.69, 9.17) is 5.73 Å². The van der Waals surface area contributed by atoms with Crippen LogP contribution in [-0.4, -0.2) is 42.5 Å². The maximum absolute atomic E-state index is 12.2. The Balaban J connectivity index is 1.81. The van der Waals surface area contributed by atoms with Gasteiger partial charge in [-0.2, -0.15) is 0 Å². The summed E-state index contributed by atoms with van der Waals surface area (Å²) in [6.07, 6.45) is 4.75. The molecule has 1 heterocycles. The molecule has 20 heavy (non-hydrogen) atoms. The van der Waals surface area contributed by atoms with Crippen molar-refractivity contribution in [3.8, 4) is 0 Å². The Kier molecular flexibility index (Phi) is 5.44. The molecule has 0 aromatic carbocycles. The summed E-state index contributed by atoms with van der Waals surface area (Å²) in [4.78, 5) is 14.6. The zero-order valence-electron chi connectivity index (χ0n) is 13.3. The highest BCUT2D eigenvalue weighted by Gasteiger charge is 2.41. The molecule has 1 saturated carbocycles. The summed E-state index contributed by atoms with van der Waals surface area (Å²) in [5.74, 6) is 2.13. The number of nitrogens with one attached hydrogen (secondary N) is 1. The van der Waals surface area contributed by atoms with E-state index < -0.39 is 0 Å². The number of rotatable bonds is 5. The number of carbonyl (C=O) groups is 1. The molecule has 116 valence electrons. The summed E-state index contributed by atoms with van der Waals surface area (Å²) < 4.78 is 0. The second kappa shape index (κ2) is 6.90. The van der Waals surface area contributed by atoms with Crippen molar-refractivity contribution in [1.82, 2.24) is 10.2 Å². The van der Waals surface area contributed by atoms with Gasteiger partial charge in [-0.1, -0.05) is 20.3 Å². The van der Waals surface area contributed by atoms with Crippen LogP contribution in [0.1, 0.15) is 46.5 Å². The number of nitrogens with zero attached hydrogens (tertiary/aromatic N) is 1. The van der Waals surface area contributed by atoms with Crippen molar-refractivity contribution in [2.75, 3.05) is 19.6 Å². The van der Waals surface area contributed by atoms with Gasteiger partial charge in [0.25, 0.3) is 0 Å². The maximum atomic E-state index is 12.2. The van der Waals surface area contributed by atoms with Crippen LogP contribution in [0.25, 0.3) is 0 Å². The fourth-order valence-electron chi connectivity index (χ4n) is 3.66. The smallest absolute Gasteiger partial charge is 0.237 e. The van der Waals surface area contributed by atoms with E-state index in [1.54, 1.807) is 0 Å². The third kappa shape index (κ3) is 3.73. The predicted octanol–water partition coefficient (Wildman–Crippen LogP) is 1.60. The molecule has 1 amide bonds. The monoisotopic (exact) mass is 281 g/mol.